The molecule has 0 spiro atoms. The SMILES string of the molecule is CCC(C(=O)N(CCOC)CC(=O)N(Cc1ccc(F)cc1)Cc1ccc(C)o1)c1ccccc1. The van der Waals surface area contributed by atoms with E-state index in [2.05, 4.69) is 0 Å². The van der Waals surface area contributed by atoms with Crippen molar-refractivity contribution in [3.8, 4) is 0 Å². The van der Waals surface area contributed by atoms with Crippen molar-refractivity contribution in [1.82, 2.24) is 9.80 Å². The predicted molar refractivity (Wildman–Crippen MR) is 132 cm³/mol. The summed E-state index contributed by atoms with van der Waals surface area (Å²) in [5.41, 5.74) is 1.71. The van der Waals surface area contributed by atoms with Gasteiger partial charge in [0.15, 0.2) is 0 Å². The van der Waals surface area contributed by atoms with Crippen LogP contribution in [0.1, 0.15) is 41.9 Å². The lowest BCUT2D eigenvalue weighted by Gasteiger charge is -2.30. The number of amides is 2. The Morgan fingerprint density at radius 2 is 1.69 bits per heavy atom. The van der Waals surface area contributed by atoms with E-state index >= 15 is 0 Å². The number of halogens is 1. The normalized spacial score (nSPS) is 11.8. The van der Waals surface area contributed by atoms with Gasteiger partial charge in [-0.25, -0.2) is 4.39 Å². The van der Waals surface area contributed by atoms with E-state index in [0.717, 1.165) is 16.9 Å². The number of hydrogen-bond acceptors (Lipinski definition) is 4. The van der Waals surface area contributed by atoms with Crippen molar-refractivity contribution in [1.29, 1.82) is 0 Å². The highest BCUT2D eigenvalue weighted by Gasteiger charge is 2.28. The average molecular weight is 481 g/mol. The summed E-state index contributed by atoms with van der Waals surface area (Å²) in [5, 5.41) is 0. The average Bonchev–Trinajstić information content (AvgIpc) is 3.28. The number of methoxy groups -OCH3 is 1. The van der Waals surface area contributed by atoms with Crippen LogP contribution in [0.2, 0.25) is 0 Å². The smallest absolute Gasteiger partial charge is 0.242 e. The number of carbonyl (C=O) groups is 2. The molecule has 0 aliphatic rings. The maximum absolute atomic E-state index is 13.5. The number of aryl methyl sites for hydroxylation is 1. The fraction of sp³-hybridized carbons (Fsp3) is 0.357. The summed E-state index contributed by atoms with van der Waals surface area (Å²) in [5.74, 6) is 0.369. The zero-order valence-electron chi connectivity index (χ0n) is 20.6. The van der Waals surface area contributed by atoms with E-state index in [9.17, 15) is 14.0 Å². The molecular weight excluding hydrogens is 447 g/mol. The maximum atomic E-state index is 13.5. The van der Waals surface area contributed by atoms with E-state index in [0.29, 0.717) is 25.3 Å². The number of benzene rings is 2. The van der Waals surface area contributed by atoms with Gasteiger partial charge in [-0.1, -0.05) is 49.4 Å². The topological polar surface area (TPSA) is 63.0 Å². The lowest BCUT2D eigenvalue weighted by Crippen LogP contribution is -2.45. The minimum Gasteiger partial charge on any atom is -0.464 e. The Hall–Kier alpha value is -3.45. The molecule has 0 fully saturated rings. The molecule has 6 nitrogen and oxygen atoms in total. The summed E-state index contributed by atoms with van der Waals surface area (Å²) in [4.78, 5) is 30.3. The second-order valence-electron chi connectivity index (χ2n) is 8.51. The van der Waals surface area contributed by atoms with Gasteiger partial charge in [-0.3, -0.25) is 9.59 Å². The predicted octanol–water partition coefficient (Wildman–Crippen LogP) is 4.92. The number of hydrogen-bond donors (Lipinski definition) is 0. The summed E-state index contributed by atoms with van der Waals surface area (Å²) in [6.45, 7) is 4.84. The lowest BCUT2D eigenvalue weighted by atomic mass is 9.95. The highest BCUT2D eigenvalue weighted by molar-refractivity contribution is 5.88. The zero-order valence-corrected chi connectivity index (χ0v) is 20.6. The van der Waals surface area contributed by atoms with Crippen molar-refractivity contribution < 1.29 is 23.1 Å². The molecule has 35 heavy (non-hydrogen) atoms. The Balaban J connectivity index is 1.82. The largest absolute Gasteiger partial charge is 0.464 e. The Bertz CT molecular complexity index is 1080. The van der Waals surface area contributed by atoms with E-state index in [4.69, 9.17) is 9.15 Å². The van der Waals surface area contributed by atoms with Crippen molar-refractivity contribution in [3.63, 3.8) is 0 Å². The lowest BCUT2D eigenvalue weighted by molar-refractivity contribution is -0.142. The third-order valence-electron chi connectivity index (χ3n) is 5.89. The van der Waals surface area contributed by atoms with E-state index < -0.39 is 0 Å². The van der Waals surface area contributed by atoms with E-state index in [1.54, 1.807) is 29.0 Å². The van der Waals surface area contributed by atoms with Crippen LogP contribution in [0.15, 0.2) is 71.1 Å². The quantitative estimate of drug-likeness (QED) is 0.369. The van der Waals surface area contributed by atoms with Crippen molar-refractivity contribution in [3.05, 3.63) is 95.2 Å². The Morgan fingerprint density at radius 1 is 0.971 bits per heavy atom. The fourth-order valence-electron chi connectivity index (χ4n) is 3.99. The third kappa shape index (κ3) is 7.52. The second kappa shape index (κ2) is 12.9. The van der Waals surface area contributed by atoms with Gasteiger partial charge >= 0.3 is 0 Å². The first-order valence-electron chi connectivity index (χ1n) is 11.8. The van der Waals surface area contributed by atoms with Crippen LogP contribution in [0.5, 0.6) is 0 Å². The van der Waals surface area contributed by atoms with Gasteiger partial charge in [0.1, 0.15) is 17.3 Å². The number of ether oxygens (including phenoxy) is 1. The molecular formula is C28H33FN2O4. The first-order chi connectivity index (χ1) is 16.9. The molecule has 2 aromatic carbocycles. The van der Waals surface area contributed by atoms with Crippen LogP contribution < -0.4 is 0 Å². The number of furan rings is 1. The van der Waals surface area contributed by atoms with Crippen LogP contribution in [-0.2, 0) is 27.4 Å². The first-order valence-corrected chi connectivity index (χ1v) is 11.8. The van der Waals surface area contributed by atoms with Gasteiger partial charge < -0.3 is 19.0 Å². The van der Waals surface area contributed by atoms with Crippen LogP contribution in [0.4, 0.5) is 4.39 Å². The molecule has 0 aliphatic heterocycles. The molecule has 1 aromatic heterocycles. The number of nitrogens with zero attached hydrogens (tertiary/aromatic N) is 2. The Kier molecular flexibility index (Phi) is 9.61. The van der Waals surface area contributed by atoms with Crippen LogP contribution in [0, 0.1) is 12.7 Å². The maximum Gasteiger partial charge on any atom is 0.242 e. The molecule has 1 unspecified atom stereocenters. The van der Waals surface area contributed by atoms with Gasteiger partial charge in [0, 0.05) is 20.2 Å². The molecule has 3 rings (SSSR count). The summed E-state index contributed by atoms with van der Waals surface area (Å²) < 4.78 is 24.3. The highest BCUT2D eigenvalue weighted by Crippen LogP contribution is 2.22. The third-order valence-corrected chi connectivity index (χ3v) is 5.89. The fourth-order valence-corrected chi connectivity index (χ4v) is 3.99. The molecule has 0 radical (unpaired) electrons. The highest BCUT2D eigenvalue weighted by atomic mass is 19.1. The zero-order chi connectivity index (χ0) is 25.2. The molecule has 1 heterocycles. The van der Waals surface area contributed by atoms with Crippen LogP contribution >= 0.6 is 0 Å². The van der Waals surface area contributed by atoms with Crippen molar-refractivity contribution in [2.45, 2.75) is 39.3 Å². The van der Waals surface area contributed by atoms with Gasteiger partial charge in [0.05, 0.1) is 25.6 Å². The van der Waals surface area contributed by atoms with Gasteiger partial charge in [-0.2, -0.15) is 0 Å². The first kappa shape index (κ1) is 26.2. The summed E-state index contributed by atoms with van der Waals surface area (Å²) in [7, 11) is 1.57. The number of carbonyl (C=O) groups excluding carboxylic acids is 2. The Labute approximate surface area is 206 Å². The van der Waals surface area contributed by atoms with Crippen molar-refractivity contribution >= 4 is 11.8 Å². The molecule has 186 valence electrons. The van der Waals surface area contributed by atoms with Gasteiger partial charge in [-0.05, 0) is 48.7 Å². The summed E-state index contributed by atoms with van der Waals surface area (Å²) in [6, 6.07) is 19.3. The monoisotopic (exact) mass is 480 g/mol. The van der Waals surface area contributed by atoms with Gasteiger partial charge in [0.2, 0.25) is 11.8 Å². The molecule has 0 saturated carbocycles. The standard InChI is InChI=1S/C28H33FN2O4/c1-4-26(23-8-6-5-7-9-23)28(33)30(16-17-34-3)20-27(32)31(19-25-15-10-21(2)35-25)18-22-11-13-24(29)14-12-22/h5-15,26H,4,16-20H2,1-3H3. The molecule has 0 aliphatic carbocycles. The van der Waals surface area contributed by atoms with Crippen molar-refractivity contribution in [2.75, 3.05) is 26.8 Å². The Morgan fingerprint density at radius 3 is 2.29 bits per heavy atom. The van der Waals surface area contributed by atoms with Crippen LogP contribution in [-0.4, -0.2) is 48.4 Å². The summed E-state index contributed by atoms with van der Waals surface area (Å²) in [6.07, 6.45) is 0.617. The van der Waals surface area contributed by atoms with E-state index in [1.165, 1.54) is 12.1 Å². The van der Waals surface area contributed by atoms with E-state index in [-0.39, 0.29) is 43.2 Å². The molecule has 0 saturated heterocycles. The molecule has 7 heteroatoms. The molecule has 0 bridgehead atoms. The van der Waals surface area contributed by atoms with Crippen LogP contribution in [0.25, 0.3) is 0 Å². The summed E-state index contributed by atoms with van der Waals surface area (Å²) >= 11 is 0. The van der Waals surface area contributed by atoms with Crippen LogP contribution in [0.3, 0.4) is 0 Å². The molecule has 0 N–H and O–H groups in total. The van der Waals surface area contributed by atoms with E-state index in [1.807, 2.05) is 56.3 Å². The molecule has 1 atom stereocenters. The molecule has 2 amide bonds. The van der Waals surface area contributed by atoms with Crippen molar-refractivity contribution in [2.24, 2.45) is 0 Å². The minimum atomic E-state index is -0.348. The van der Waals surface area contributed by atoms with Gasteiger partial charge in [-0.15, -0.1) is 0 Å². The van der Waals surface area contributed by atoms with Gasteiger partial charge in [0.25, 0.3) is 0 Å². The molecule has 3 aromatic rings. The number of rotatable bonds is 12. The second-order valence-corrected chi connectivity index (χ2v) is 8.51. The minimum absolute atomic E-state index is 0.0909.